The molecular formula is C18H25ClN4O. The van der Waals surface area contributed by atoms with Gasteiger partial charge in [0, 0.05) is 11.6 Å². The second kappa shape index (κ2) is 7.64. The Hall–Kier alpha value is -1.43. The molecule has 1 unspecified atom stereocenters. The minimum atomic E-state index is 0.207. The van der Waals surface area contributed by atoms with E-state index < -0.39 is 0 Å². The highest BCUT2D eigenvalue weighted by molar-refractivity contribution is 6.31. The van der Waals surface area contributed by atoms with E-state index in [4.69, 9.17) is 16.0 Å². The summed E-state index contributed by atoms with van der Waals surface area (Å²) in [6.45, 7) is 4.66. The maximum atomic E-state index is 6.14. The van der Waals surface area contributed by atoms with Crippen LogP contribution >= 0.6 is 11.6 Å². The molecule has 1 aliphatic heterocycles. The van der Waals surface area contributed by atoms with Gasteiger partial charge in [-0.3, -0.25) is 4.90 Å². The zero-order chi connectivity index (χ0) is 17.1. The van der Waals surface area contributed by atoms with Gasteiger partial charge in [-0.15, -0.1) is 10.2 Å². The number of piperidine rings is 1. The van der Waals surface area contributed by atoms with Crippen LogP contribution in [-0.2, 0) is 13.1 Å². The van der Waals surface area contributed by atoms with E-state index in [0.29, 0.717) is 12.4 Å². The van der Waals surface area contributed by atoms with Gasteiger partial charge >= 0.3 is 0 Å². The summed E-state index contributed by atoms with van der Waals surface area (Å²) in [6.07, 6.45) is 3.48. The van der Waals surface area contributed by atoms with Gasteiger partial charge in [-0.1, -0.05) is 30.2 Å². The zero-order valence-corrected chi connectivity index (χ0v) is 15.4. The Morgan fingerprint density at radius 1 is 1.29 bits per heavy atom. The van der Waals surface area contributed by atoms with Gasteiger partial charge < -0.3 is 9.32 Å². The molecular weight excluding hydrogens is 324 g/mol. The summed E-state index contributed by atoms with van der Waals surface area (Å²) in [5.41, 5.74) is 2.39. The zero-order valence-electron chi connectivity index (χ0n) is 14.6. The van der Waals surface area contributed by atoms with Crippen molar-refractivity contribution in [1.29, 1.82) is 0 Å². The van der Waals surface area contributed by atoms with Crippen molar-refractivity contribution in [3.63, 3.8) is 0 Å². The number of aryl methyl sites for hydroxylation is 1. The molecule has 1 fully saturated rings. The Morgan fingerprint density at radius 2 is 2.12 bits per heavy atom. The van der Waals surface area contributed by atoms with Crippen molar-refractivity contribution in [1.82, 2.24) is 20.0 Å². The van der Waals surface area contributed by atoms with Crippen LogP contribution in [0.3, 0.4) is 0 Å². The Bertz CT molecular complexity index is 685. The molecule has 3 rings (SSSR count). The number of hydrogen-bond donors (Lipinski definition) is 0. The third-order valence-corrected chi connectivity index (χ3v) is 4.86. The lowest BCUT2D eigenvalue weighted by Crippen LogP contribution is -2.33. The standard InChI is InChI=1S/C18H25ClN4O/c1-13-10-14(7-8-15(13)19)11-23-9-5-4-6-16(23)18-21-20-17(24-18)12-22(2)3/h7-8,10,16H,4-6,9,11-12H2,1-3H3. The van der Waals surface area contributed by atoms with Crippen molar-refractivity contribution in [3.05, 3.63) is 46.1 Å². The SMILES string of the molecule is Cc1cc(CN2CCCCC2c2nnc(CN(C)C)o2)ccc1Cl. The quantitative estimate of drug-likeness (QED) is 0.822. The van der Waals surface area contributed by atoms with Crippen molar-refractivity contribution in [2.24, 2.45) is 0 Å². The molecule has 1 atom stereocenters. The van der Waals surface area contributed by atoms with E-state index in [1.54, 1.807) is 0 Å². The lowest BCUT2D eigenvalue weighted by atomic mass is 10.0. The summed E-state index contributed by atoms with van der Waals surface area (Å²) >= 11 is 6.14. The van der Waals surface area contributed by atoms with Crippen molar-refractivity contribution in [2.45, 2.75) is 45.3 Å². The number of aromatic nitrogens is 2. The van der Waals surface area contributed by atoms with Gasteiger partial charge in [0.1, 0.15) is 0 Å². The van der Waals surface area contributed by atoms with E-state index in [1.165, 1.54) is 18.4 Å². The summed E-state index contributed by atoms with van der Waals surface area (Å²) in [7, 11) is 4.00. The largest absolute Gasteiger partial charge is 0.422 e. The number of halogens is 1. The van der Waals surface area contributed by atoms with Gasteiger partial charge in [-0.25, -0.2) is 0 Å². The third-order valence-electron chi connectivity index (χ3n) is 4.44. The first-order valence-corrected chi connectivity index (χ1v) is 8.87. The molecule has 0 radical (unpaired) electrons. The Kier molecular flexibility index (Phi) is 5.54. The lowest BCUT2D eigenvalue weighted by Gasteiger charge is -2.33. The molecule has 1 aromatic carbocycles. The van der Waals surface area contributed by atoms with Gasteiger partial charge in [0.05, 0.1) is 12.6 Å². The van der Waals surface area contributed by atoms with Crippen molar-refractivity contribution in [2.75, 3.05) is 20.6 Å². The molecule has 1 aliphatic rings. The molecule has 2 aromatic rings. The third kappa shape index (κ3) is 4.15. The molecule has 0 spiro atoms. The van der Waals surface area contributed by atoms with Crippen LogP contribution in [0.2, 0.25) is 5.02 Å². The first-order valence-electron chi connectivity index (χ1n) is 8.49. The fourth-order valence-electron chi connectivity index (χ4n) is 3.24. The molecule has 0 aliphatic carbocycles. The maximum absolute atomic E-state index is 6.14. The van der Waals surface area contributed by atoms with Gasteiger partial charge in [0.15, 0.2) is 0 Å². The molecule has 0 amide bonds. The van der Waals surface area contributed by atoms with Crippen LogP contribution in [0, 0.1) is 6.92 Å². The number of likely N-dealkylation sites (tertiary alicyclic amines) is 1. The topological polar surface area (TPSA) is 45.4 Å². The van der Waals surface area contributed by atoms with Gasteiger partial charge in [-0.05, 0) is 57.6 Å². The highest BCUT2D eigenvalue weighted by Crippen LogP contribution is 2.32. The lowest BCUT2D eigenvalue weighted by molar-refractivity contribution is 0.115. The normalized spacial score (nSPS) is 19.1. The predicted octanol–water partition coefficient (Wildman–Crippen LogP) is 3.82. The molecule has 0 saturated carbocycles. The highest BCUT2D eigenvalue weighted by Gasteiger charge is 2.28. The van der Waals surface area contributed by atoms with E-state index in [0.717, 1.165) is 36.0 Å². The van der Waals surface area contributed by atoms with E-state index in [9.17, 15) is 0 Å². The van der Waals surface area contributed by atoms with Crippen molar-refractivity contribution >= 4 is 11.6 Å². The van der Waals surface area contributed by atoms with Crippen molar-refractivity contribution < 1.29 is 4.42 Å². The predicted molar refractivity (Wildman–Crippen MR) is 94.9 cm³/mol. The summed E-state index contributed by atoms with van der Waals surface area (Å²) in [6, 6.07) is 6.46. The second-order valence-corrected chi connectivity index (χ2v) is 7.24. The Labute approximate surface area is 148 Å². The summed E-state index contributed by atoms with van der Waals surface area (Å²) in [4.78, 5) is 4.48. The fourth-order valence-corrected chi connectivity index (χ4v) is 3.35. The molecule has 130 valence electrons. The molecule has 1 saturated heterocycles. The minimum absolute atomic E-state index is 0.207. The number of hydrogen-bond acceptors (Lipinski definition) is 5. The number of nitrogens with zero attached hydrogens (tertiary/aromatic N) is 4. The van der Waals surface area contributed by atoms with E-state index in [2.05, 4.69) is 27.2 Å². The van der Waals surface area contributed by atoms with Gasteiger partial charge in [0.25, 0.3) is 0 Å². The number of rotatable bonds is 5. The van der Waals surface area contributed by atoms with Crippen LogP contribution < -0.4 is 0 Å². The minimum Gasteiger partial charge on any atom is -0.422 e. The van der Waals surface area contributed by atoms with Crippen molar-refractivity contribution in [3.8, 4) is 0 Å². The first-order chi connectivity index (χ1) is 11.5. The first kappa shape index (κ1) is 17.4. The van der Waals surface area contributed by atoms with Gasteiger partial charge in [-0.2, -0.15) is 0 Å². The van der Waals surface area contributed by atoms with Crippen LogP contribution in [0.4, 0.5) is 0 Å². The van der Waals surface area contributed by atoms with E-state index in [-0.39, 0.29) is 6.04 Å². The molecule has 0 bridgehead atoms. The number of benzene rings is 1. The van der Waals surface area contributed by atoms with E-state index in [1.807, 2.05) is 32.0 Å². The fraction of sp³-hybridized carbons (Fsp3) is 0.556. The average molecular weight is 349 g/mol. The molecule has 1 aromatic heterocycles. The second-order valence-electron chi connectivity index (χ2n) is 6.84. The summed E-state index contributed by atoms with van der Waals surface area (Å²) in [5, 5.41) is 9.33. The molecule has 2 heterocycles. The summed E-state index contributed by atoms with van der Waals surface area (Å²) in [5.74, 6) is 1.43. The average Bonchev–Trinajstić information content (AvgIpc) is 2.99. The van der Waals surface area contributed by atoms with Crippen LogP contribution in [-0.4, -0.2) is 40.6 Å². The smallest absolute Gasteiger partial charge is 0.233 e. The molecule has 0 N–H and O–H groups in total. The van der Waals surface area contributed by atoms with Crippen LogP contribution in [0.5, 0.6) is 0 Å². The van der Waals surface area contributed by atoms with Gasteiger partial charge in [0.2, 0.25) is 11.8 Å². The highest BCUT2D eigenvalue weighted by atomic mass is 35.5. The molecule has 24 heavy (non-hydrogen) atoms. The Balaban J connectivity index is 1.75. The van der Waals surface area contributed by atoms with Crippen LogP contribution in [0.1, 0.15) is 48.2 Å². The molecule has 6 heteroatoms. The van der Waals surface area contributed by atoms with Crippen LogP contribution in [0.25, 0.3) is 0 Å². The Morgan fingerprint density at radius 3 is 2.88 bits per heavy atom. The van der Waals surface area contributed by atoms with E-state index >= 15 is 0 Å². The molecule has 5 nitrogen and oxygen atoms in total. The maximum Gasteiger partial charge on any atom is 0.233 e. The van der Waals surface area contributed by atoms with Crippen LogP contribution in [0.15, 0.2) is 22.6 Å². The monoisotopic (exact) mass is 348 g/mol. The summed E-state index contributed by atoms with van der Waals surface area (Å²) < 4.78 is 5.92.